The van der Waals surface area contributed by atoms with Crippen LogP contribution in [0.1, 0.15) is 24.1 Å². The van der Waals surface area contributed by atoms with Crippen molar-refractivity contribution in [2.24, 2.45) is 0 Å². The first kappa shape index (κ1) is 16.5. The van der Waals surface area contributed by atoms with Gasteiger partial charge in [0, 0.05) is 29.8 Å². The molecule has 0 aliphatic rings. The first-order chi connectivity index (χ1) is 10.5. The number of halogens is 2. The molecule has 22 heavy (non-hydrogen) atoms. The second kappa shape index (κ2) is 7.40. The normalized spacial score (nSPS) is 12.2. The van der Waals surface area contributed by atoms with Crippen molar-refractivity contribution < 1.29 is 8.78 Å². The molecule has 0 fully saturated rings. The van der Waals surface area contributed by atoms with Crippen LogP contribution in [0.2, 0.25) is 0 Å². The van der Waals surface area contributed by atoms with Crippen molar-refractivity contribution in [1.82, 2.24) is 9.97 Å². The SMILES string of the molecule is CSCCNc1nc(C(C)c2c(F)cccc2F)cc(=O)[nH]1. The van der Waals surface area contributed by atoms with E-state index in [0.717, 1.165) is 5.75 Å². The van der Waals surface area contributed by atoms with Crippen LogP contribution in [0.4, 0.5) is 14.7 Å². The maximum absolute atomic E-state index is 13.9. The molecule has 2 aromatic rings. The molecule has 0 spiro atoms. The Labute approximate surface area is 131 Å². The van der Waals surface area contributed by atoms with E-state index in [-0.39, 0.29) is 11.1 Å². The third-order valence-electron chi connectivity index (χ3n) is 3.24. The van der Waals surface area contributed by atoms with Crippen molar-refractivity contribution in [3.63, 3.8) is 0 Å². The predicted molar refractivity (Wildman–Crippen MR) is 85.6 cm³/mol. The molecule has 2 rings (SSSR count). The van der Waals surface area contributed by atoms with Crippen molar-refractivity contribution in [3.8, 4) is 0 Å². The molecule has 1 aromatic heterocycles. The Morgan fingerprint density at radius 2 is 2.05 bits per heavy atom. The zero-order chi connectivity index (χ0) is 16.1. The number of hydrogen-bond acceptors (Lipinski definition) is 4. The molecule has 118 valence electrons. The van der Waals surface area contributed by atoms with Crippen molar-refractivity contribution in [3.05, 3.63) is 57.5 Å². The van der Waals surface area contributed by atoms with Crippen LogP contribution in [0.15, 0.2) is 29.1 Å². The maximum atomic E-state index is 13.9. The molecule has 0 aliphatic heterocycles. The van der Waals surface area contributed by atoms with E-state index < -0.39 is 17.6 Å². The molecular weight excluding hydrogens is 308 g/mol. The minimum atomic E-state index is -0.662. The Hall–Kier alpha value is -1.89. The van der Waals surface area contributed by atoms with Gasteiger partial charge in [-0.1, -0.05) is 13.0 Å². The molecule has 7 heteroatoms. The van der Waals surface area contributed by atoms with Gasteiger partial charge in [0.05, 0.1) is 5.69 Å². The lowest BCUT2D eigenvalue weighted by atomic mass is 9.96. The summed E-state index contributed by atoms with van der Waals surface area (Å²) in [6.45, 7) is 2.25. The number of aromatic nitrogens is 2. The summed E-state index contributed by atoms with van der Waals surface area (Å²) in [5.74, 6) is -0.798. The number of benzene rings is 1. The highest BCUT2D eigenvalue weighted by Gasteiger charge is 2.19. The highest BCUT2D eigenvalue weighted by Crippen LogP contribution is 2.27. The maximum Gasteiger partial charge on any atom is 0.252 e. The van der Waals surface area contributed by atoms with Crippen LogP contribution in [-0.2, 0) is 0 Å². The van der Waals surface area contributed by atoms with Crippen molar-refractivity contribution in [2.75, 3.05) is 23.9 Å². The molecule has 0 radical (unpaired) electrons. The summed E-state index contributed by atoms with van der Waals surface area (Å²) in [6, 6.07) is 4.96. The molecule has 0 amide bonds. The molecular formula is C15H17F2N3OS. The summed E-state index contributed by atoms with van der Waals surface area (Å²) in [4.78, 5) is 18.5. The fourth-order valence-electron chi connectivity index (χ4n) is 2.13. The van der Waals surface area contributed by atoms with Gasteiger partial charge in [0.15, 0.2) is 0 Å². The Morgan fingerprint density at radius 1 is 1.36 bits per heavy atom. The zero-order valence-corrected chi connectivity index (χ0v) is 13.1. The van der Waals surface area contributed by atoms with Crippen molar-refractivity contribution in [2.45, 2.75) is 12.8 Å². The van der Waals surface area contributed by atoms with Gasteiger partial charge >= 0.3 is 0 Å². The van der Waals surface area contributed by atoms with Gasteiger partial charge in [-0.25, -0.2) is 13.8 Å². The Balaban J connectivity index is 2.33. The van der Waals surface area contributed by atoms with Gasteiger partial charge in [0.1, 0.15) is 11.6 Å². The molecule has 0 bridgehead atoms. The number of H-pyrrole nitrogens is 1. The number of aromatic amines is 1. The monoisotopic (exact) mass is 325 g/mol. The first-order valence-electron chi connectivity index (χ1n) is 6.81. The summed E-state index contributed by atoms with van der Waals surface area (Å²) >= 11 is 1.65. The zero-order valence-electron chi connectivity index (χ0n) is 12.3. The number of rotatable bonds is 6. The number of nitrogens with one attached hydrogen (secondary N) is 2. The third kappa shape index (κ3) is 3.85. The molecule has 4 nitrogen and oxygen atoms in total. The summed E-state index contributed by atoms with van der Waals surface area (Å²) in [6.07, 6.45) is 1.97. The van der Waals surface area contributed by atoms with Crippen LogP contribution >= 0.6 is 11.8 Å². The van der Waals surface area contributed by atoms with E-state index in [0.29, 0.717) is 18.2 Å². The van der Waals surface area contributed by atoms with E-state index in [1.807, 2.05) is 6.26 Å². The summed E-state index contributed by atoms with van der Waals surface area (Å²) < 4.78 is 27.7. The van der Waals surface area contributed by atoms with E-state index in [4.69, 9.17) is 0 Å². The van der Waals surface area contributed by atoms with E-state index in [9.17, 15) is 13.6 Å². The average molecular weight is 325 g/mol. The second-order valence-electron chi connectivity index (χ2n) is 4.80. The Kier molecular flexibility index (Phi) is 5.54. The van der Waals surface area contributed by atoms with Crippen LogP contribution in [0.5, 0.6) is 0 Å². The summed E-state index contributed by atoms with van der Waals surface area (Å²) in [5, 5.41) is 2.99. The van der Waals surface area contributed by atoms with Gasteiger partial charge < -0.3 is 5.32 Å². The molecule has 1 aromatic carbocycles. The van der Waals surface area contributed by atoms with E-state index >= 15 is 0 Å². The number of hydrogen-bond donors (Lipinski definition) is 2. The van der Waals surface area contributed by atoms with Gasteiger partial charge in [-0.05, 0) is 18.4 Å². The number of thioether (sulfide) groups is 1. The van der Waals surface area contributed by atoms with E-state index in [1.54, 1.807) is 18.7 Å². The van der Waals surface area contributed by atoms with Crippen molar-refractivity contribution in [1.29, 1.82) is 0 Å². The molecule has 1 atom stereocenters. The molecule has 2 N–H and O–H groups in total. The van der Waals surface area contributed by atoms with E-state index in [2.05, 4.69) is 15.3 Å². The van der Waals surface area contributed by atoms with Gasteiger partial charge in [-0.15, -0.1) is 0 Å². The lowest BCUT2D eigenvalue weighted by Gasteiger charge is -2.14. The highest BCUT2D eigenvalue weighted by atomic mass is 32.2. The van der Waals surface area contributed by atoms with Gasteiger partial charge in [-0.2, -0.15) is 11.8 Å². The second-order valence-corrected chi connectivity index (χ2v) is 5.78. The lowest BCUT2D eigenvalue weighted by molar-refractivity contribution is 0.545. The smallest absolute Gasteiger partial charge is 0.252 e. The quantitative estimate of drug-likeness (QED) is 0.802. The number of anilines is 1. The fraction of sp³-hybridized carbons (Fsp3) is 0.333. The van der Waals surface area contributed by atoms with Crippen LogP contribution < -0.4 is 10.9 Å². The van der Waals surface area contributed by atoms with Gasteiger partial charge in [0.25, 0.3) is 5.56 Å². The first-order valence-corrected chi connectivity index (χ1v) is 8.20. The molecule has 1 unspecified atom stereocenters. The summed E-state index contributed by atoms with van der Waals surface area (Å²) in [5.41, 5.74) is -0.129. The van der Waals surface area contributed by atoms with E-state index in [1.165, 1.54) is 24.3 Å². The number of nitrogens with zero attached hydrogens (tertiary/aromatic N) is 1. The minimum absolute atomic E-state index is 0.0873. The topological polar surface area (TPSA) is 57.8 Å². The molecule has 0 saturated heterocycles. The minimum Gasteiger partial charge on any atom is -0.355 e. The van der Waals surface area contributed by atoms with Gasteiger partial charge in [-0.3, -0.25) is 9.78 Å². The molecule has 0 aliphatic carbocycles. The molecule has 1 heterocycles. The average Bonchev–Trinajstić information content (AvgIpc) is 2.46. The van der Waals surface area contributed by atoms with Gasteiger partial charge in [0.2, 0.25) is 5.95 Å². The Bertz CT molecular complexity index is 685. The standard InChI is InChI=1S/C15H17F2N3OS/c1-9(14-10(16)4-3-5-11(14)17)12-8-13(21)20-15(19-12)18-6-7-22-2/h3-5,8-9H,6-7H2,1-2H3,(H2,18,19,20,21). The van der Waals surface area contributed by atoms with Crippen LogP contribution in [0.25, 0.3) is 0 Å². The largest absolute Gasteiger partial charge is 0.355 e. The van der Waals surface area contributed by atoms with Crippen LogP contribution in [0, 0.1) is 11.6 Å². The van der Waals surface area contributed by atoms with Crippen molar-refractivity contribution >= 4 is 17.7 Å². The fourth-order valence-corrected chi connectivity index (χ4v) is 2.43. The third-order valence-corrected chi connectivity index (χ3v) is 3.85. The predicted octanol–water partition coefficient (Wildman–Crippen LogP) is 2.97. The Morgan fingerprint density at radius 3 is 2.68 bits per heavy atom. The lowest BCUT2D eigenvalue weighted by Crippen LogP contribution is -2.17. The van der Waals surface area contributed by atoms with Crippen LogP contribution in [-0.4, -0.2) is 28.5 Å². The highest BCUT2D eigenvalue weighted by molar-refractivity contribution is 7.98. The van der Waals surface area contributed by atoms with Crippen LogP contribution in [0.3, 0.4) is 0 Å². The molecule has 0 saturated carbocycles. The summed E-state index contributed by atoms with van der Waals surface area (Å²) in [7, 11) is 0.